The third-order valence-corrected chi connectivity index (χ3v) is 6.82. The summed E-state index contributed by atoms with van der Waals surface area (Å²) >= 11 is 6.18. The van der Waals surface area contributed by atoms with E-state index in [9.17, 15) is 13.2 Å². The second kappa shape index (κ2) is 10.1. The maximum atomic E-state index is 13.0. The number of nitrogens with zero attached hydrogens (tertiary/aromatic N) is 1. The fourth-order valence-corrected chi connectivity index (χ4v) is 4.88. The van der Waals surface area contributed by atoms with Gasteiger partial charge in [0.15, 0.2) is 11.5 Å². The van der Waals surface area contributed by atoms with Gasteiger partial charge >= 0.3 is 0 Å². The molecule has 0 saturated heterocycles. The van der Waals surface area contributed by atoms with Crippen LogP contribution in [0.3, 0.4) is 0 Å². The summed E-state index contributed by atoms with van der Waals surface area (Å²) in [7, 11) is 0.718. The van der Waals surface area contributed by atoms with Crippen molar-refractivity contribution in [3.8, 4) is 11.5 Å². The number of rotatable bonds is 8. The van der Waals surface area contributed by atoms with E-state index in [0.29, 0.717) is 17.2 Å². The van der Waals surface area contributed by atoms with E-state index in [1.54, 1.807) is 44.5 Å². The van der Waals surface area contributed by atoms with Crippen molar-refractivity contribution < 1.29 is 22.7 Å². The van der Waals surface area contributed by atoms with Gasteiger partial charge in [-0.05, 0) is 60.5 Å². The molecule has 0 atom stereocenters. The Morgan fingerprint density at radius 2 is 1.73 bits per heavy atom. The minimum Gasteiger partial charge on any atom is -0.493 e. The zero-order valence-electron chi connectivity index (χ0n) is 18.8. The Balaban J connectivity index is 1.84. The first-order valence-corrected chi connectivity index (χ1v) is 11.9. The number of sulfonamides is 1. The number of halogens is 1. The lowest BCUT2D eigenvalue weighted by Gasteiger charge is -2.19. The molecule has 0 radical (unpaired) electrons. The fraction of sp³-hybridized carbons (Fsp3) is 0.208. The highest BCUT2D eigenvalue weighted by Crippen LogP contribution is 2.29. The molecule has 0 heterocycles. The Kier molecular flexibility index (Phi) is 7.50. The predicted octanol–water partition coefficient (Wildman–Crippen LogP) is 4.74. The van der Waals surface area contributed by atoms with Gasteiger partial charge in [-0.3, -0.25) is 9.52 Å². The van der Waals surface area contributed by atoms with E-state index in [1.807, 2.05) is 19.1 Å². The summed E-state index contributed by atoms with van der Waals surface area (Å²) < 4.78 is 39.0. The number of methoxy groups -OCH3 is 2. The first kappa shape index (κ1) is 24.4. The van der Waals surface area contributed by atoms with Crippen LogP contribution in [-0.4, -0.2) is 40.5 Å². The van der Waals surface area contributed by atoms with Crippen molar-refractivity contribution in [2.75, 3.05) is 26.0 Å². The fourth-order valence-electron chi connectivity index (χ4n) is 3.31. The average Bonchev–Trinajstić information content (AvgIpc) is 2.78. The molecule has 0 aliphatic heterocycles. The van der Waals surface area contributed by atoms with Crippen LogP contribution < -0.4 is 14.2 Å². The monoisotopic (exact) mass is 488 g/mol. The molecular formula is C24H25ClN2O5S. The summed E-state index contributed by atoms with van der Waals surface area (Å²) in [5.74, 6) is 0.787. The second-order valence-electron chi connectivity index (χ2n) is 7.47. The molecule has 1 amide bonds. The van der Waals surface area contributed by atoms with Crippen LogP contribution in [0, 0.1) is 6.92 Å². The third-order valence-electron chi connectivity index (χ3n) is 4.95. The number of carbonyl (C=O) groups excluding carboxylic acids is 1. The molecule has 3 aromatic carbocycles. The topological polar surface area (TPSA) is 84.9 Å². The van der Waals surface area contributed by atoms with Crippen LogP contribution in [0.4, 0.5) is 5.69 Å². The highest BCUT2D eigenvalue weighted by atomic mass is 35.5. The molecule has 3 rings (SSSR count). The molecule has 0 spiro atoms. The molecule has 33 heavy (non-hydrogen) atoms. The van der Waals surface area contributed by atoms with E-state index in [4.69, 9.17) is 21.1 Å². The van der Waals surface area contributed by atoms with Crippen molar-refractivity contribution in [1.29, 1.82) is 0 Å². The van der Waals surface area contributed by atoms with Gasteiger partial charge in [0.25, 0.3) is 15.9 Å². The maximum Gasteiger partial charge on any atom is 0.263 e. The summed E-state index contributed by atoms with van der Waals surface area (Å²) in [6, 6.07) is 16.5. The van der Waals surface area contributed by atoms with E-state index in [-0.39, 0.29) is 27.9 Å². The lowest BCUT2D eigenvalue weighted by atomic mass is 10.1. The van der Waals surface area contributed by atoms with Gasteiger partial charge in [0.05, 0.1) is 19.2 Å². The van der Waals surface area contributed by atoms with E-state index in [2.05, 4.69) is 4.72 Å². The van der Waals surface area contributed by atoms with Crippen molar-refractivity contribution >= 4 is 33.2 Å². The van der Waals surface area contributed by atoms with Crippen LogP contribution in [0.1, 0.15) is 21.5 Å². The molecule has 0 saturated carbocycles. The highest BCUT2D eigenvalue weighted by Gasteiger charge is 2.22. The van der Waals surface area contributed by atoms with Gasteiger partial charge in [-0.15, -0.1) is 0 Å². The van der Waals surface area contributed by atoms with Crippen molar-refractivity contribution in [3.63, 3.8) is 0 Å². The maximum absolute atomic E-state index is 13.0. The number of aryl methyl sites for hydroxylation is 1. The van der Waals surface area contributed by atoms with Crippen molar-refractivity contribution in [1.82, 2.24) is 4.90 Å². The smallest absolute Gasteiger partial charge is 0.263 e. The molecule has 1 N–H and O–H groups in total. The van der Waals surface area contributed by atoms with Crippen LogP contribution in [0.15, 0.2) is 65.6 Å². The van der Waals surface area contributed by atoms with Gasteiger partial charge in [0.2, 0.25) is 0 Å². The van der Waals surface area contributed by atoms with Crippen LogP contribution in [0.2, 0.25) is 5.02 Å². The third kappa shape index (κ3) is 5.77. The minimum absolute atomic E-state index is 0.0225. The van der Waals surface area contributed by atoms with Crippen LogP contribution >= 0.6 is 11.6 Å². The normalized spacial score (nSPS) is 11.1. The molecule has 0 aliphatic carbocycles. The number of hydrogen-bond donors (Lipinski definition) is 1. The van der Waals surface area contributed by atoms with Gasteiger partial charge in [-0.25, -0.2) is 8.42 Å². The van der Waals surface area contributed by atoms with Crippen LogP contribution in [-0.2, 0) is 16.6 Å². The first-order valence-electron chi connectivity index (χ1n) is 10.00. The van der Waals surface area contributed by atoms with Crippen LogP contribution in [0.25, 0.3) is 0 Å². The number of nitrogens with one attached hydrogen (secondary N) is 1. The molecule has 0 aliphatic rings. The van der Waals surface area contributed by atoms with Crippen molar-refractivity contribution in [2.24, 2.45) is 0 Å². The molecule has 0 fully saturated rings. The molecule has 0 unspecified atom stereocenters. The molecule has 0 aromatic heterocycles. The van der Waals surface area contributed by atoms with E-state index < -0.39 is 10.0 Å². The largest absolute Gasteiger partial charge is 0.493 e. The van der Waals surface area contributed by atoms with Crippen molar-refractivity contribution in [2.45, 2.75) is 18.4 Å². The lowest BCUT2D eigenvalue weighted by Crippen LogP contribution is -2.26. The van der Waals surface area contributed by atoms with Crippen molar-refractivity contribution in [3.05, 3.63) is 82.4 Å². The summed E-state index contributed by atoms with van der Waals surface area (Å²) in [5, 5.41) is 0.0225. The molecule has 0 bridgehead atoms. The Labute approximate surface area is 198 Å². The highest BCUT2D eigenvalue weighted by molar-refractivity contribution is 7.92. The first-order chi connectivity index (χ1) is 15.6. The van der Waals surface area contributed by atoms with Crippen LogP contribution in [0.5, 0.6) is 11.5 Å². The average molecular weight is 489 g/mol. The number of anilines is 1. The second-order valence-corrected chi connectivity index (χ2v) is 9.53. The molecule has 3 aromatic rings. The number of ether oxygens (including phenoxy) is 2. The summed E-state index contributed by atoms with van der Waals surface area (Å²) in [6.45, 7) is 2.14. The molecule has 174 valence electrons. The Bertz CT molecular complexity index is 1280. The quantitative estimate of drug-likeness (QED) is 0.495. The number of hydrogen-bond acceptors (Lipinski definition) is 5. The van der Waals surface area contributed by atoms with E-state index in [0.717, 1.165) is 11.1 Å². The Hall–Kier alpha value is -3.23. The van der Waals surface area contributed by atoms with Gasteiger partial charge in [0, 0.05) is 24.8 Å². The van der Waals surface area contributed by atoms with Gasteiger partial charge in [0.1, 0.15) is 4.90 Å². The molecule has 9 heteroatoms. The van der Waals surface area contributed by atoms with E-state index >= 15 is 0 Å². The summed E-state index contributed by atoms with van der Waals surface area (Å²) in [6.07, 6.45) is 0. The summed E-state index contributed by atoms with van der Waals surface area (Å²) in [5.41, 5.74) is 2.34. The number of amides is 1. The SMILES string of the molecule is COc1ccc(CN(C)C(=O)c2ccc(Cl)c(S(=O)(=O)Nc3cccc(C)c3)c2)cc1OC. The lowest BCUT2D eigenvalue weighted by molar-refractivity contribution is 0.0784. The Morgan fingerprint density at radius 1 is 1.00 bits per heavy atom. The minimum atomic E-state index is -4.00. The number of benzene rings is 3. The van der Waals surface area contributed by atoms with E-state index in [1.165, 1.54) is 30.2 Å². The predicted molar refractivity (Wildman–Crippen MR) is 129 cm³/mol. The molecular weight excluding hydrogens is 464 g/mol. The van der Waals surface area contributed by atoms with Gasteiger partial charge < -0.3 is 14.4 Å². The summed E-state index contributed by atoms with van der Waals surface area (Å²) in [4.78, 5) is 14.3. The standard InChI is InChI=1S/C24H25ClN2O5S/c1-16-6-5-7-19(12-16)26-33(29,30)23-14-18(9-10-20(23)25)24(28)27(2)15-17-8-11-21(31-3)22(13-17)32-4/h5-14,26H,15H2,1-4H3. The number of carbonyl (C=O) groups is 1. The zero-order valence-corrected chi connectivity index (χ0v) is 20.3. The Morgan fingerprint density at radius 3 is 2.39 bits per heavy atom. The van der Waals surface area contributed by atoms with Gasteiger partial charge in [-0.1, -0.05) is 29.8 Å². The molecule has 7 nitrogen and oxygen atoms in total. The van der Waals surface area contributed by atoms with Gasteiger partial charge in [-0.2, -0.15) is 0 Å². The zero-order chi connectivity index (χ0) is 24.2.